The maximum absolute atomic E-state index is 13.2. The highest BCUT2D eigenvalue weighted by Crippen LogP contribution is 2.34. The molecule has 0 aliphatic carbocycles. The Morgan fingerprint density at radius 1 is 1.24 bits per heavy atom. The number of anilines is 2. The number of nitrogens with two attached hydrogens (primary N) is 3. The van der Waals surface area contributed by atoms with Crippen molar-refractivity contribution in [3.8, 4) is 5.75 Å². The minimum atomic E-state index is -1.41. The Bertz CT molecular complexity index is 1160. The van der Waals surface area contributed by atoms with Crippen LogP contribution in [-0.4, -0.2) is 76.5 Å². The number of hydrogen-bond acceptors (Lipinski definition) is 10. The predicted molar refractivity (Wildman–Crippen MR) is 121 cm³/mol. The number of nitrogen functional groups attached to an aromatic ring is 2. The molecule has 12 heteroatoms. The number of aromatic nitrogens is 4. The van der Waals surface area contributed by atoms with Crippen LogP contribution in [0, 0.1) is 0 Å². The van der Waals surface area contributed by atoms with Gasteiger partial charge in [-0.1, -0.05) is 12.1 Å². The number of carbonyl (C=O) groups excluding carboxylic acids is 1. The number of imidazole rings is 1. The number of likely N-dealkylation sites (tertiary alicyclic amines) is 1. The molecule has 1 aromatic carbocycles. The van der Waals surface area contributed by atoms with Gasteiger partial charge in [0.15, 0.2) is 11.5 Å². The molecule has 2 aromatic heterocycles. The molecule has 12 nitrogen and oxygen atoms in total. The lowest BCUT2D eigenvalue weighted by atomic mass is 9.91. The van der Waals surface area contributed by atoms with Crippen molar-refractivity contribution < 1.29 is 20.1 Å². The zero-order valence-electron chi connectivity index (χ0n) is 18.2. The summed E-state index contributed by atoms with van der Waals surface area (Å²) in [6.07, 6.45) is 0.769. The highest BCUT2D eigenvalue weighted by Gasteiger charge is 2.42. The van der Waals surface area contributed by atoms with Crippen molar-refractivity contribution in [1.82, 2.24) is 24.4 Å². The Morgan fingerprint density at radius 2 is 1.94 bits per heavy atom. The summed E-state index contributed by atoms with van der Waals surface area (Å²) in [5, 5.41) is 31.2. The number of nitrogens with zero attached hydrogens (tertiary/aromatic N) is 5. The normalized spacial score (nSPS) is 24.5. The summed E-state index contributed by atoms with van der Waals surface area (Å²) in [4.78, 5) is 27.1. The average molecular weight is 457 g/mol. The van der Waals surface area contributed by atoms with Gasteiger partial charge in [-0.3, -0.25) is 4.79 Å². The fraction of sp³-hybridized carbons (Fsp3) is 0.429. The SMILES string of the molecule is C[C@@]1(O)C[C@H](O)CN(C(=O)[C@@H](N)Cc2ccc(O)cc2)C[C@H]1n1cnc2c(N)nc(N)nc21. The summed E-state index contributed by atoms with van der Waals surface area (Å²) in [5.74, 6) is -0.188. The number of amides is 1. The lowest BCUT2D eigenvalue weighted by Crippen LogP contribution is -2.49. The van der Waals surface area contributed by atoms with Crippen molar-refractivity contribution >= 4 is 28.8 Å². The molecule has 1 fully saturated rings. The Hall–Kier alpha value is -3.48. The molecule has 1 aliphatic rings. The molecule has 176 valence electrons. The van der Waals surface area contributed by atoms with E-state index in [1.807, 2.05) is 0 Å². The van der Waals surface area contributed by atoms with Gasteiger partial charge in [0.1, 0.15) is 11.3 Å². The van der Waals surface area contributed by atoms with Crippen molar-refractivity contribution in [2.75, 3.05) is 24.6 Å². The van der Waals surface area contributed by atoms with Gasteiger partial charge in [-0.25, -0.2) is 4.98 Å². The molecular formula is C21H28N8O4. The number of carbonyl (C=O) groups is 1. The van der Waals surface area contributed by atoms with E-state index < -0.39 is 23.8 Å². The number of hydrogen-bond donors (Lipinski definition) is 6. The van der Waals surface area contributed by atoms with E-state index in [1.54, 1.807) is 23.6 Å². The Balaban J connectivity index is 1.64. The first-order valence-electron chi connectivity index (χ1n) is 10.5. The van der Waals surface area contributed by atoms with E-state index in [1.165, 1.54) is 23.4 Å². The van der Waals surface area contributed by atoms with Crippen LogP contribution in [0.1, 0.15) is 24.9 Å². The van der Waals surface area contributed by atoms with Crippen LogP contribution in [-0.2, 0) is 11.2 Å². The number of phenols is 1. The van der Waals surface area contributed by atoms with E-state index in [0.717, 1.165) is 5.56 Å². The first-order chi connectivity index (χ1) is 15.5. The summed E-state index contributed by atoms with van der Waals surface area (Å²) in [6, 6.07) is 4.85. The maximum Gasteiger partial charge on any atom is 0.239 e. The first-order valence-corrected chi connectivity index (χ1v) is 10.5. The molecule has 1 aliphatic heterocycles. The molecule has 33 heavy (non-hydrogen) atoms. The van der Waals surface area contributed by atoms with Gasteiger partial charge in [0.2, 0.25) is 11.9 Å². The van der Waals surface area contributed by atoms with E-state index in [9.17, 15) is 20.1 Å². The fourth-order valence-corrected chi connectivity index (χ4v) is 4.37. The Morgan fingerprint density at radius 3 is 2.64 bits per heavy atom. The highest BCUT2D eigenvalue weighted by molar-refractivity contribution is 5.83. The van der Waals surface area contributed by atoms with Gasteiger partial charge in [-0.15, -0.1) is 0 Å². The standard InChI is InChI=1S/C21H28N8O4/c1-21(33)7-13(31)8-28(19(32)14(22)6-11-2-4-12(30)5-3-11)9-15(21)29-10-25-16-17(23)26-20(24)27-18(16)29/h2-5,10,13-15,30-31,33H,6-9,22H2,1H3,(H4,23,24,26,27)/t13-,14-,15+,21+/m0/s1. The molecular weight excluding hydrogens is 428 g/mol. The summed E-state index contributed by atoms with van der Waals surface area (Å²) in [6.45, 7) is 1.66. The van der Waals surface area contributed by atoms with E-state index in [0.29, 0.717) is 11.2 Å². The molecule has 4 rings (SSSR count). The summed E-state index contributed by atoms with van der Waals surface area (Å²) in [5.41, 5.74) is 17.9. The number of β-amino-alcohol motifs (C(OH)–C–C–N with tert-alkyl or cyclic N) is 1. The quantitative estimate of drug-likeness (QED) is 0.287. The van der Waals surface area contributed by atoms with E-state index in [2.05, 4.69) is 15.0 Å². The van der Waals surface area contributed by atoms with Gasteiger partial charge in [0, 0.05) is 19.5 Å². The van der Waals surface area contributed by atoms with Crippen molar-refractivity contribution in [2.24, 2.45) is 5.73 Å². The third-order valence-electron chi connectivity index (χ3n) is 6.01. The van der Waals surface area contributed by atoms with E-state index in [4.69, 9.17) is 17.2 Å². The number of aliphatic hydroxyl groups excluding tert-OH is 1. The molecule has 9 N–H and O–H groups in total. The van der Waals surface area contributed by atoms with Gasteiger partial charge in [0.25, 0.3) is 0 Å². The molecule has 3 aromatic rings. The zero-order chi connectivity index (χ0) is 23.9. The smallest absolute Gasteiger partial charge is 0.239 e. The number of phenolic OH excluding ortho intramolecular Hbond substituents is 1. The van der Waals surface area contributed by atoms with Crippen LogP contribution in [0.4, 0.5) is 11.8 Å². The van der Waals surface area contributed by atoms with Crippen LogP contribution in [0.3, 0.4) is 0 Å². The number of fused-ring (bicyclic) bond motifs is 1. The van der Waals surface area contributed by atoms with Crippen LogP contribution in [0.25, 0.3) is 11.2 Å². The van der Waals surface area contributed by atoms with Gasteiger partial charge in [0.05, 0.1) is 30.1 Å². The zero-order valence-corrected chi connectivity index (χ0v) is 18.2. The highest BCUT2D eigenvalue weighted by atomic mass is 16.3. The van der Waals surface area contributed by atoms with E-state index in [-0.39, 0.29) is 49.4 Å². The lowest BCUT2D eigenvalue weighted by molar-refractivity contribution is -0.134. The van der Waals surface area contributed by atoms with E-state index >= 15 is 0 Å². The van der Waals surface area contributed by atoms with Gasteiger partial charge in [-0.2, -0.15) is 9.97 Å². The Labute approximate surface area is 189 Å². The minimum Gasteiger partial charge on any atom is -0.508 e. The van der Waals surface area contributed by atoms with Crippen LogP contribution in [0.15, 0.2) is 30.6 Å². The number of rotatable bonds is 4. The Kier molecular flexibility index (Phi) is 5.82. The molecule has 0 unspecified atom stereocenters. The monoisotopic (exact) mass is 456 g/mol. The predicted octanol–water partition coefficient (Wildman–Crippen LogP) is -0.848. The molecule has 1 saturated heterocycles. The summed E-state index contributed by atoms with van der Waals surface area (Å²) < 4.78 is 1.60. The second-order valence-electron chi connectivity index (χ2n) is 8.74. The van der Waals surface area contributed by atoms with Gasteiger partial charge >= 0.3 is 0 Å². The number of benzene rings is 1. The molecule has 3 heterocycles. The first kappa shape index (κ1) is 22.7. The van der Waals surface area contributed by atoms with Crippen molar-refractivity contribution in [2.45, 2.75) is 43.6 Å². The van der Waals surface area contributed by atoms with Gasteiger partial charge in [-0.05, 0) is 31.0 Å². The molecule has 0 saturated carbocycles. The average Bonchev–Trinajstić information content (AvgIpc) is 3.10. The topological polar surface area (TPSA) is 203 Å². The number of aromatic hydroxyl groups is 1. The third kappa shape index (κ3) is 4.53. The van der Waals surface area contributed by atoms with Crippen molar-refractivity contribution in [3.63, 3.8) is 0 Å². The van der Waals surface area contributed by atoms with Crippen LogP contribution in [0.2, 0.25) is 0 Å². The molecule has 0 radical (unpaired) electrons. The largest absolute Gasteiger partial charge is 0.508 e. The lowest BCUT2D eigenvalue weighted by Gasteiger charge is -2.34. The number of aliphatic hydroxyl groups is 2. The molecule has 0 spiro atoms. The minimum absolute atomic E-state index is 0.0145. The van der Waals surface area contributed by atoms with Crippen LogP contribution >= 0.6 is 0 Å². The molecule has 4 atom stereocenters. The van der Waals surface area contributed by atoms with Crippen molar-refractivity contribution in [1.29, 1.82) is 0 Å². The molecule has 1 amide bonds. The van der Waals surface area contributed by atoms with Gasteiger partial charge < -0.3 is 42.0 Å². The second kappa shape index (κ2) is 8.46. The molecule has 0 bridgehead atoms. The second-order valence-corrected chi connectivity index (χ2v) is 8.74. The maximum atomic E-state index is 13.2. The van der Waals surface area contributed by atoms with Crippen LogP contribution in [0.5, 0.6) is 5.75 Å². The van der Waals surface area contributed by atoms with Crippen molar-refractivity contribution in [3.05, 3.63) is 36.2 Å². The van der Waals surface area contributed by atoms with Crippen LogP contribution < -0.4 is 17.2 Å². The summed E-state index contributed by atoms with van der Waals surface area (Å²) >= 11 is 0. The summed E-state index contributed by atoms with van der Waals surface area (Å²) in [7, 11) is 0. The fourth-order valence-electron chi connectivity index (χ4n) is 4.37. The third-order valence-corrected chi connectivity index (χ3v) is 6.01.